The monoisotopic (exact) mass is 286 g/mol. The van der Waals surface area contributed by atoms with Gasteiger partial charge in [0.2, 0.25) is 9.04 Å². The number of hydrogen-bond acceptors (Lipinski definition) is 4. The molecule has 1 aromatic rings. The van der Waals surface area contributed by atoms with Crippen LogP contribution in [0.5, 0.6) is 0 Å². The molecular formula is C13H22O3SSi. The van der Waals surface area contributed by atoms with Crippen LogP contribution in [0.15, 0.2) is 24.3 Å². The molecule has 0 aliphatic rings. The molecule has 0 aliphatic heterocycles. The second-order valence-electron chi connectivity index (χ2n) is 4.25. The fraction of sp³-hybridized carbons (Fsp3) is 0.538. The summed E-state index contributed by atoms with van der Waals surface area (Å²) in [5.41, 5.74) is 1.26. The minimum atomic E-state index is -1.62. The van der Waals surface area contributed by atoms with Gasteiger partial charge in [-0.05, 0) is 29.5 Å². The maximum atomic E-state index is 6.09. The summed E-state index contributed by atoms with van der Waals surface area (Å²) < 4.78 is 16.7. The average molecular weight is 286 g/mol. The van der Waals surface area contributed by atoms with E-state index in [-0.39, 0.29) is 0 Å². The molecule has 5 heteroatoms. The van der Waals surface area contributed by atoms with Gasteiger partial charge in [0.1, 0.15) is 0 Å². The summed E-state index contributed by atoms with van der Waals surface area (Å²) in [6, 6.07) is 9.25. The molecule has 0 saturated heterocycles. The zero-order valence-corrected chi connectivity index (χ0v) is 13.5. The first-order valence-corrected chi connectivity index (χ1v) is 8.50. The first-order chi connectivity index (χ1) is 8.56. The van der Waals surface area contributed by atoms with Crippen LogP contribution in [0.2, 0.25) is 6.04 Å². The van der Waals surface area contributed by atoms with Gasteiger partial charge < -0.3 is 13.9 Å². The van der Waals surface area contributed by atoms with Crippen LogP contribution in [0.4, 0.5) is 0 Å². The summed E-state index contributed by atoms with van der Waals surface area (Å²) in [6.45, 7) is 3.90. The van der Waals surface area contributed by atoms with Crippen molar-refractivity contribution in [2.24, 2.45) is 0 Å². The molecule has 0 bridgehead atoms. The summed E-state index contributed by atoms with van der Waals surface area (Å²) in [5.74, 6) is -0.170. The van der Waals surface area contributed by atoms with Gasteiger partial charge in [0, 0.05) is 21.1 Å². The molecule has 18 heavy (non-hydrogen) atoms. The first-order valence-electron chi connectivity index (χ1n) is 6.01. The van der Waals surface area contributed by atoms with Crippen molar-refractivity contribution in [2.75, 3.05) is 20.0 Å². The second-order valence-corrected chi connectivity index (χ2v) is 7.11. The third kappa shape index (κ3) is 4.10. The van der Waals surface area contributed by atoms with Crippen LogP contribution < -0.4 is 5.19 Å². The summed E-state index contributed by atoms with van der Waals surface area (Å²) in [7, 11) is 1.56. The van der Waals surface area contributed by atoms with Crippen LogP contribution in [0.1, 0.15) is 12.5 Å². The maximum Gasteiger partial charge on any atom is 0.269 e. The minimum absolute atomic E-state index is 0.800. The Bertz CT molecular complexity index is 369. The first kappa shape index (κ1) is 15.7. The topological polar surface area (TPSA) is 27.7 Å². The third-order valence-electron chi connectivity index (χ3n) is 3.02. The van der Waals surface area contributed by atoms with Gasteiger partial charge in [0.15, 0.2) is 0 Å². The van der Waals surface area contributed by atoms with E-state index in [0.29, 0.717) is 0 Å². The van der Waals surface area contributed by atoms with Crippen LogP contribution >= 0.6 is 12.6 Å². The molecule has 0 spiro atoms. The molecule has 0 aromatic heterocycles. The highest BCUT2D eigenvalue weighted by molar-refractivity contribution is 7.80. The smallest absolute Gasteiger partial charge is 0.269 e. The molecule has 1 unspecified atom stereocenters. The number of hydrogen-bond donors (Lipinski definition) is 1. The van der Waals surface area contributed by atoms with Gasteiger partial charge in [-0.1, -0.05) is 24.3 Å². The molecule has 0 radical (unpaired) electrons. The van der Waals surface area contributed by atoms with Gasteiger partial charge in [-0.3, -0.25) is 0 Å². The van der Waals surface area contributed by atoms with Crippen molar-refractivity contribution in [3.63, 3.8) is 0 Å². The van der Waals surface area contributed by atoms with Crippen molar-refractivity contribution in [1.29, 1.82) is 0 Å². The lowest BCUT2D eigenvalue weighted by Gasteiger charge is -2.31. The van der Waals surface area contributed by atoms with Crippen molar-refractivity contribution in [1.82, 2.24) is 0 Å². The van der Waals surface area contributed by atoms with Gasteiger partial charge in [-0.25, -0.2) is 0 Å². The molecule has 1 aromatic carbocycles. The Hall–Kier alpha value is -0.333. The standard InChI is InChI=1S/C13H22O3SSi/c1-11-7-5-6-8-12(11)18(10-9-17)16-13(2,14-3)15-4/h5-8,17-18H,9-10H2,1-4H3. The van der Waals surface area contributed by atoms with E-state index >= 15 is 0 Å². The fourth-order valence-electron chi connectivity index (χ4n) is 1.78. The van der Waals surface area contributed by atoms with E-state index in [1.54, 1.807) is 21.1 Å². The predicted molar refractivity (Wildman–Crippen MR) is 80.1 cm³/mol. The van der Waals surface area contributed by atoms with Crippen molar-refractivity contribution < 1.29 is 13.9 Å². The van der Waals surface area contributed by atoms with E-state index < -0.39 is 15.0 Å². The molecule has 0 aliphatic carbocycles. The number of rotatable bonds is 7. The average Bonchev–Trinajstić information content (AvgIpc) is 2.39. The zero-order valence-electron chi connectivity index (χ0n) is 11.5. The Labute approximate surface area is 117 Å². The summed E-state index contributed by atoms with van der Waals surface area (Å²) in [5, 5.41) is 1.28. The number of benzene rings is 1. The summed E-state index contributed by atoms with van der Waals surface area (Å²) in [4.78, 5) is 0. The van der Waals surface area contributed by atoms with E-state index in [1.807, 2.05) is 12.1 Å². The molecule has 0 N–H and O–H groups in total. The molecule has 1 rings (SSSR count). The molecule has 0 saturated carbocycles. The Morgan fingerprint density at radius 3 is 2.33 bits per heavy atom. The SMILES string of the molecule is COC(C)(OC)O[SiH](CCS)c1ccccc1C. The summed E-state index contributed by atoms with van der Waals surface area (Å²) in [6.07, 6.45) is 0. The van der Waals surface area contributed by atoms with E-state index in [4.69, 9.17) is 13.9 Å². The molecule has 102 valence electrons. The van der Waals surface area contributed by atoms with E-state index in [1.165, 1.54) is 10.8 Å². The highest BCUT2D eigenvalue weighted by Gasteiger charge is 2.30. The summed E-state index contributed by atoms with van der Waals surface area (Å²) >= 11 is 4.33. The largest absolute Gasteiger partial charge is 0.367 e. The molecule has 3 nitrogen and oxygen atoms in total. The lowest BCUT2D eigenvalue weighted by molar-refractivity contribution is -0.312. The van der Waals surface area contributed by atoms with Crippen LogP contribution in [-0.4, -0.2) is 35.0 Å². The van der Waals surface area contributed by atoms with Crippen molar-refractivity contribution in [3.05, 3.63) is 29.8 Å². The van der Waals surface area contributed by atoms with Crippen molar-refractivity contribution >= 4 is 26.9 Å². The molecule has 0 heterocycles. The molecule has 0 fully saturated rings. The zero-order chi connectivity index (χ0) is 13.6. The fourth-order valence-corrected chi connectivity index (χ4v) is 4.91. The number of aryl methyl sites for hydroxylation is 1. The number of methoxy groups -OCH3 is 2. The van der Waals surface area contributed by atoms with E-state index in [9.17, 15) is 0 Å². The van der Waals surface area contributed by atoms with E-state index in [0.717, 1.165) is 11.8 Å². The Kier molecular flexibility index (Phi) is 6.38. The lowest BCUT2D eigenvalue weighted by atomic mass is 10.2. The van der Waals surface area contributed by atoms with Crippen LogP contribution in [0.3, 0.4) is 0 Å². The van der Waals surface area contributed by atoms with Gasteiger partial charge in [-0.2, -0.15) is 12.6 Å². The quantitative estimate of drug-likeness (QED) is 0.471. The molecular weight excluding hydrogens is 264 g/mol. The number of thiol groups is 1. The van der Waals surface area contributed by atoms with E-state index in [2.05, 4.69) is 31.7 Å². The molecule has 1 atom stereocenters. The van der Waals surface area contributed by atoms with Gasteiger partial charge in [0.25, 0.3) is 5.97 Å². The van der Waals surface area contributed by atoms with Crippen molar-refractivity contribution in [2.45, 2.75) is 25.9 Å². The maximum absolute atomic E-state index is 6.09. The third-order valence-corrected chi connectivity index (χ3v) is 6.64. The van der Waals surface area contributed by atoms with Gasteiger partial charge >= 0.3 is 0 Å². The lowest BCUT2D eigenvalue weighted by Crippen LogP contribution is -2.46. The number of ether oxygens (including phenoxy) is 2. The predicted octanol–water partition coefficient (Wildman–Crippen LogP) is 1.84. The molecule has 0 amide bonds. The van der Waals surface area contributed by atoms with Crippen LogP contribution in [-0.2, 0) is 13.9 Å². The van der Waals surface area contributed by atoms with Gasteiger partial charge in [-0.15, -0.1) is 0 Å². The highest BCUT2D eigenvalue weighted by atomic mass is 32.1. The highest BCUT2D eigenvalue weighted by Crippen LogP contribution is 2.16. The Morgan fingerprint density at radius 2 is 1.83 bits per heavy atom. The Morgan fingerprint density at radius 1 is 1.22 bits per heavy atom. The normalized spacial score (nSPS) is 13.6. The second kappa shape index (κ2) is 7.30. The Balaban J connectivity index is 2.93. The van der Waals surface area contributed by atoms with Crippen LogP contribution in [0.25, 0.3) is 0 Å². The van der Waals surface area contributed by atoms with Crippen molar-refractivity contribution in [3.8, 4) is 0 Å². The van der Waals surface area contributed by atoms with Gasteiger partial charge in [0.05, 0.1) is 0 Å². The minimum Gasteiger partial charge on any atom is -0.367 e. The van der Waals surface area contributed by atoms with Crippen LogP contribution in [0, 0.1) is 6.92 Å².